The monoisotopic (exact) mass is 409 g/mol. The number of nitrogens with zero attached hydrogens (tertiary/aromatic N) is 1. The summed E-state index contributed by atoms with van der Waals surface area (Å²) >= 11 is 11.8. The third-order valence-corrected chi connectivity index (χ3v) is 5.53. The van der Waals surface area contributed by atoms with E-state index in [4.69, 9.17) is 23.2 Å². The maximum atomic E-state index is 12.2. The van der Waals surface area contributed by atoms with Gasteiger partial charge in [-0.1, -0.05) is 29.3 Å². The Labute approximate surface area is 153 Å². The Bertz CT molecular complexity index is 545. The lowest BCUT2D eigenvalue weighted by molar-refractivity contribution is 0.245. The summed E-state index contributed by atoms with van der Waals surface area (Å²) in [5, 5.41) is 3.51. The van der Waals surface area contributed by atoms with Crippen molar-refractivity contribution in [3.8, 4) is 0 Å². The van der Waals surface area contributed by atoms with Gasteiger partial charge in [0, 0.05) is 39.3 Å². The highest BCUT2D eigenvalue weighted by molar-refractivity contribution is 7.89. The van der Waals surface area contributed by atoms with E-state index in [1.165, 1.54) is 12.1 Å². The summed E-state index contributed by atoms with van der Waals surface area (Å²) in [6.45, 7) is 4.72. The lowest BCUT2D eigenvalue weighted by Gasteiger charge is -2.27. The summed E-state index contributed by atoms with van der Waals surface area (Å²) in [4.78, 5) is 2.15. The third-order valence-electron chi connectivity index (χ3n) is 3.12. The fourth-order valence-corrected chi connectivity index (χ4v) is 4.25. The largest absolute Gasteiger partial charge is 0.314 e. The van der Waals surface area contributed by atoms with Gasteiger partial charge in [-0.15, -0.1) is 24.8 Å². The smallest absolute Gasteiger partial charge is 0.243 e. The first-order chi connectivity index (χ1) is 9.50. The zero-order valence-corrected chi connectivity index (χ0v) is 15.7. The molecule has 22 heavy (non-hydrogen) atoms. The maximum absolute atomic E-state index is 12.2. The standard InChI is InChI=1S/C12H17Cl2N3O2S.2ClH/c13-10-2-1-3-11(14)12(10)20(18,19)16-6-9-17-7-4-15-5-8-17;;/h1-3,15-16H,4-9H2;2*1H. The molecule has 1 aromatic rings. The van der Waals surface area contributed by atoms with Gasteiger partial charge < -0.3 is 5.32 Å². The summed E-state index contributed by atoms with van der Waals surface area (Å²) in [5.41, 5.74) is 0. The Morgan fingerprint density at radius 3 is 2.23 bits per heavy atom. The van der Waals surface area contributed by atoms with E-state index in [-0.39, 0.29) is 39.8 Å². The van der Waals surface area contributed by atoms with Crippen molar-refractivity contribution in [3.63, 3.8) is 0 Å². The van der Waals surface area contributed by atoms with Crippen LogP contribution in [-0.4, -0.2) is 52.6 Å². The Kier molecular flexibility index (Phi) is 10.3. The number of hydrogen-bond donors (Lipinski definition) is 2. The molecule has 1 aromatic carbocycles. The van der Waals surface area contributed by atoms with Gasteiger partial charge in [-0.3, -0.25) is 4.90 Å². The Morgan fingerprint density at radius 2 is 1.68 bits per heavy atom. The van der Waals surface area contributed by atoms with Gasteiger partial charge in [0.25, 0.3) is 0 Å². The van der Waals surface area contributed by atoms with Gasteiger partial charge in [-0.05, 0) is 12.1 Å². The van der Waals surface area contributed by atoms with E-state index in [0.717, 1.165) is 26.2 Å². The molecule has 0 radical (unpaired) electrons. The normalized spacial score (nSPS) is 15.7. The van der Waals surface area contributed by atoms with Crippen molar-refractivity contribution in [2.75, 3.05) is 39.3 Å². The molecule has 1 aliphatic rings. The van der Waals surface area contributed by atoms with Crippen molar-refractivity contribution in [2.45, 2.75) is 4.90 Å². The first-order valence-corrected chi connectivity index (χ1v) is 8.61. The number of benzene rings is 1. The average Bonchev–Trinajstić information content (AvgIpc) is 2.39. The van der Waals surface area contributed by atoms with Crippen molar-refractivity contribution in [1.29, 1.82) is 0 Å². The third kappa shape index (κ3) is 6.02. The van der Waals surface area contributed by atoms with E-state index < -0.39 is 10.0 Å². The van der Waals surface area contributed by atoms with Crippen LogP contribution in [0.15, 0.2) is 23.1 Å². The fourth-order valence-electron chi connectivity index (χ4n) is 2.08. The number of halogens is 4. The zero-order chi connectivity index (χ0) is 14.6. The molecule has 1 fully saturated rings. The zero-order valence-electron chi connectivity index (χ0n) is 11.7. The highest BCUT2D eigenvalue weighted by Gasteiger charge is 2.21. The van der Waals surface area contributed by atoms with E-state index >= 15 is 0 Å². The van der Waals surface area contributed by atoms with Crippen LogP contribution in [0.5, 0.6) is 0 Å². The quantitative estimate of drug-likeness (QED) is 0.779. The van der Waals surface area contributed by atoms with Crippen LogP contribution in [0.25, 0.3) is 0 Å². The molecular formula is C12H19Cl4N3O2S. The van der Waals surface area contributed by atoms with Crippen LogP contribution in [-0.2, 0) is 10.0 Å². The molecule has 0 atom stereocenters. The van der Waals surface area contributed by atoms with Crippen molar-refractivity contribution in [3.05, 3.63) is 28.2 Å². The van der Waals surface area contributed by atoms with E-state index in [1.54, 1.807) is 6.07 Å². The second-order valence-corrected chi connectivity index (χ2v) is 7.06. The Hall–Kier alpha value is 0.210. The molecule has 1 heterocycles. The minimum Gasteiger partial charge on any atom is -0.314 e. The molecule has 0 bridgehead atoms. The first-order valence-electron chi connectivity index (χ1n) is 6.37. The molecule has 0 spiro atoms. The highest BCUT2D eigenvalue weighted by atomic mass is 35.5. The molecule has 0 unspecified atom stereocenters. The van der Waals surface area contributed by atoms with Gasteiger partial charge in [-0.2, -0.15) is 0 Å². The summed E-state index contributed by atoms with van der Waals surface area (Å²) in [6, 6.07) is 4.64. The summed E-state index contributed by atoms with van der Waals surface area (Å²) in [6.07, 6.45) is 0. The van der Waals surface area contributed by atoms with Gasteiger partial charge in [0.15, 0.2) is 0 Å². The van der Waals surface area contributed by atoms with E-state index in [0.29, 0.717) is 13.1 Å². The van der Waals surface area contributed by atoms with Gasteiger partial charge >= 0.3 is 0 Å². The molecule has 10 heteroatoms. The van der Waals surface area contributed by atoms with Gasteiger partial charge in [0.2, 0.25) is 10.0 Å². The SMILES string of the molecule is Cl.Cl.O=S(=O)(NCCN1CCNCC1)c1c(Cl)cccc1Cl. The molecule has 0 aliphatic carbocycles. The van der Waals surface area contributed by atoms with Crippen LogP contribution in [0.3, 0.4) is 0 Å². The molecule has 128 valence electrons. The maximum Gasteiger partial charge on any atom is 0.243 e. The molecular weight excluding hydrogens is 392 g/mol. The summed E-state index contributed by atoms with van der Waals surface area (Å²) in [7, 11) is -3.68. The van der Waals surface area contributed by atoms with Crippen LogP contribution in [0.1, 0.15) is 0 Å². The van der Waals surface area contributed by atoms with Crippen molar-refractivity contribution >= 4 is 58.0 Å². The van der Waals surface area contributed by atoms with Crippen molar-refractivity contribution in [1.82, 2.24) is 14.9 Å². The van der Waals surface area contributed by atoms with Gasteiger partial charge in [0.05, 0.1) is 10.0 Å². The first kappa shape index (κ1) is 22.2. The second-order valence-electron chi connectivity index (χ2n) is 4.54. The molecule has 1 aliphatic heterocycles. The number of piperazine rings is 1. The number of hydrogen-bond acceptors (Lipinski definition) is 4. The summed E-state index contributed by atoms with van der Waals surface area (Å²) in [5.74, 6) is 0. The van der Waals surface area contributed by atoms with E-state index in [1.807, 2.05) is 0 Å². The molecule has 1 saturated heterocycles. The second kappa shape index (κ2) is 10.2. The van der Waals surface area contributed by atoms with Crippen LogP contribution in [0.2, 0.25) is 10.0 Å². The molecule has 0 aromatic heterocycles. The number of rotatable bonds is 5. The predicted octanol–water partition coefficient (Wildman–Crippen LogP) is 2.02. The Morgan fingerprint density at radius 1 is 1.14 bits per heavy atom. The van der Waals surface area contributed by atoms with Crippen LogP contribution in [0.4, 0.5) is 0 Å². The minimum atomic E-state index is -3.68. The van der Waals surface area contributed by atoms with Gasteiger partial charge in [0.1, 0.15) is 4.90 Å². The minimum absolute atomic E-state index is 0. The Balaban J connectivity index is 0.00000220. The highest BCUT2D eigenvalue weighted by Crippen LogP contribution is 2.28. The van der Waals surface area contributed by atoms with Crippen LogP contribution >= 0.6 is 48.0 Å². The van der Waals surface area contributed by atoms with Gasteiger partial charge in [-0.25, -0.2) is 13.1 Å². The lowest BCUT2D eigenvalue weighted by Crippen LogP contribution is -2.46. The van der Waals surface area contributed by atoms with Crippen LogP contribution in [0, 0.1) is 0 Å². The number of sulfonamides is 1. The molecule has 2 N–H and O–H groups in total. The average molecular weight is 411 g/mol. The molecule has 5 nitrogen and oxygen atoms in total. The number of nitrogens with one attached hydrogen (secondary N) is 2. The van der Waals surface area contributed by atoms with E-state index in [9.17, 15) is 8.42 Å². The topological polar surface area (TPSA) is 61.4 Å². The van der Waals surface area contributed by atoms with Crippen molar-refractivity contribution < 1.29 is 8.42 Å². The molecule has 0 amide bonds. The summed E-state index contributed by atoms with van der Waals surface area (Å²) < 4.78 is 27.0. The molecule has 2 rings (SSSR count). The van der Waals surface area contributed by atoms with Crippen LogP contribution < -0.4 is 10.0 Å². The molecule has 0 saturated carbocycles. The fraction of sp³-hybridized carbons (Fsp3) is 0.500. The van der Waals surface area contributed by atoms with Crippen molar-refractivity contribution in [2.24, 2.45) is 0 Å². The van der Waals surface area contributed by atoms with E-state index in [2.05, 4.69) is 14.9 Å². The lowest BCUT2D eigenvalue weighted by atomic mass is 10.3. The predicted molar refractivity (Wildman–Crippen MR) is 95.5 cm³/mol.